The Morgan fingerprint density at radius 2 is 1.73 bits per heavy atom. The highest BCUT2D eigenvalue weighted by molar-refractivity contribution is 6.35. The van der Waals surface area contributed by atoms with Gasteiger partial charge < -0.3 is 4.90 Å². The molecule has 0 saturated heterocycles. The zero-order valence-corrected chi connectivity index (χ0v) is 17.9. The minimum absolute atomic E-state index is 0.0857. The van der Waals surface area contributed by atoms with Gasteiger partial charge in [-0.1, -0.05) is 23.8 Å². The Labute approximate surface area is 188 Å². The Morgan fingerprint density at radius 1 is 1.00 bits per heavy atom. The van der Waals surface area contributed by atoms with Crippen LogP contribution in [0.4, 0.5) is 11.4 Å². The summed E-state index contributed by atoms with van der Waals surface area (Å²) in [5.41, 5.74) is 3.47. The van der Waals surface area contributed by atoms with Crippen LogP contribution < -0.4 is 10.5 Å². The third-order valence-electron chi connectivity index (χ3n) is 5.73. The first-order valence-electron chi connectivity index (χ1n) is 10.2. The van der Waals surface area contributed by atoms with Crippen LogP contribution in [0.5, 0.6) is 0 Å². The molecule has 2 heterocycles. The third-order valence-corrected chi connectivity index (χ3v) is 5.73. The highest BCUT2D eigenvalue weighted by Gasteiger charge is 2.30. The topological polar surface area (TPSA) is 98.3 Å². The van der Waals surface area contributed by atoms with Gasteiger partial charge in [0.05, 0.1) is 32.8 Å². The van der Waals surface area contributed by atoms with Crippen LogP contribution in [0.2, 0.25) is 0 Å². The lowest BCUT2D eigenvalue weighted by Crippen LogP contribution is -2.23. The van der Waals surface area contributed by atoms with Crippen LogP contribution >= 0.6 is 0 Å². The first-order valence-corrected chi connectivity index (χ1v) is 10.2. The Hall–Kier alpha value is -4.59. The van der Waals surface area contributed by atoms with Gasteiger partial charge in [-0.15, -0.1) is 0 Å². The normalized spacial score (nSPS) is 14.2. The van der Waals surface area contributed by atoms with E-state index in [1.54, 1.807) is 42.3 Å². The number of aromatic nitrogens is 2. The van der Waals surface area contributed by atoms with Crippen molar-refractivity contribution < 1.29 is 9.72 Å². The predicted octanol–water partition coefficient (Wildman–Crippen LogP) is 4.12. The first-order chi connectivity index (χ1) is 15.8. The molecule has 3 aromatic carbocycles. The molecule has 0 N–H and O–H groups in total. The number of fused-ring (bicyclic) bond motifs is 2. The summed E-state index contributed by atoms with van der Waals surface area (Å²) in [7, 11) is 1.70. The van der Waals surface area contributed by atoms with Crippen molar-refractivity contribution in [3.05, 3.63) is 104 Å². The number of amides is 1. The monoisotopic (exact) mass is 438 g/mol. The molecule has 0 atom stereocenters. The number of benzene rings is 3. The number of hydrogen-bond donors (Lipinski definition) is 0. The zero-order valence-electron chi connectivity index (χ0n) is 17.9. The number of carbonyl (C=O) groups is 1. The van der Waals surface area contributed by atoms with Gasteiger partial charge in [0.15, 0.2) is 0 Å². The smallest absolute Gasteiger partial charge is 0.269 e. The first kappa shape index (κ1) is 20.3. The maximum absolute atomic E-state index is 13.5. The fraction of sp³-hybridized carbons (Fsp3) is 0.0800. The Morgan fingerprint density at radius 3 is 2.45 bits per heavy atom. The molecule has 8 heteroatoms. The van der Waals surface area contributed by atoms with E-state index in [1.165, 1.54) is 28.8 Å². The van der Waals surface area contributed by atoms with Crippen LogP contribution in [0.3, 0.4) is 0 Å². The summed E-state index contributed by atoms with van der Waals surface area (Å²) in [6.07, 6.45) is 1.61. The molecular formula is C25H18N4O4. The summed E-state index contributed by atoms with van der Waals surface area (Å²) < 4.78 is 1.38. The van der Waals surface area contributed by atoms with E-state index in [2.05, 4.69) is 4.98 Å². The number of hydrogen-bond acceptors (Lipinski definition) is 5. The van der Waals surface area contributed by atoms with Crippen LogP contribution in [-0.4, -0.2) is 27.4 Å². The molecule has 1 aromatic heterocycles. The van der Waals surface area contributed by atoms with Crippen molar-refractivity contribution in [3.8, 4) is 5.69 Å². The number of nitro groups is 1. The molecule has 1 aliphatic rings. The number of nitro benzene ring substituents is 1. The summed E-state index contributed by atoms with van der Waals surface area (Å²) in [4.78, 5) is 43.3. The average Bonchev–Trinajstić information content (AvgIpc) is 3.03. The van der Waals surface area contributed by atoms with Crippen molar-refractivity contribution >= 4 is 39.8 Å². The van der Waals surface area contributed by atoms with E-state index in [1.807, 2.05) is 25.1 Å². The molecule has 0 unspecified atom stereocenters. The minimum Gasteiger partial charge on any atom is -0.311 e. The van der Waals surface area contributed by atoms with Crippen molar-refractivity contribution in [2.24, 2.45) is 0 Å². The lowest BCUT2D eigenvalue weighted by atomic mass is 10.0. The number of para-hydroxylation sites is 1. The molecule has 0 bridgehead atoms. The van der Waals surface area contributed by atoms with Crippen molar-refractivity contribution in [1.29, 1.82) is 0 Å². The van der Waals surface area contributed by atoms with Crippen LogP contribution in [0.1, 0.15) is 17.0 Å². The summed E-state index contributed by atoms with van der Waals surface area (Å²) in [6.45, 7) is 1.95. The number of non-ortho nitro benzene ring substituents is 1. The van der Waals surface area contributed by atoms with Crippen LogP contribution in [0.15, 0.2) is 71.5 Å². The lowest BCUT2D eigenvalue weighted by Gasteiger charge is -2.12. The number of aryl methyl sites for hydroxylation is 1. The Balaban J connectivity index is 1.79. The highest BCUT2D eigenvalue weighted by atomic mass is 16.6. The second kappa shape index (κ2) is 7.52. The van der Waals surface area contributed by atoms with Gasteiger partial charge in [0.1, 0.15) is 5.82 Å². The van der Waals surface area contributed by atoms with Gasteiger partial charge in [0, 0.05) is 24.7 Å². The molecule has 0 spiro atoms. The predicted molar refractivity (Wildman–Crippen MR) is 126 cm³/mol. The van der Waals surface area contributed by atoms with E-state index < -0.39 is 4.92 Å². The lowest BCUT2D eigenvalue weighted by molar-refractivity contribution is -0.384. The quantitative estimate of drug-likeness (QED) is 0.272. The highest BCUT2D eigenvalue weighted by Crippen LogP contribution is 2.37. The summed E-state index contributed by atoms with van der Waals surface area (Å²) in [5, 5.41) is 11.5. The maximum atomic E-state index is 13.5. The number of carbonyl (C=O) groups excluding carboxylic acids is 1. The fourth-order valence-corrected chi connectivity index (χ4v) is 4.05. The van der Waals surface area contributed by atoms with Crippen LogP contribution in [0, 0.1) is 17.0 Å². The van der Waals surface area contributed by atoms with Crippen LogP contribution in [-0.2, 0) is 4.79 Å². The number of nitrogens with zero attached hydrogens (tertiary/aromatic N) is 4. The number of likely N-dealkylation sites (N-methyl/N-ethyl adjacent to an activating group) is 1. The third kappa shape index (κ3) is 3.28. The molecular weight excluding hydrogens is 420 g/mol. The van der Waals surface area contributed by atoms with E-state index in [-0.39, 0.29) is 23.0 Å². The van der Waals surface area contributed by atoms with E-state index >= 15 is 0 Å². The second-order valence-corrected chi connectivity index (χ2v) is 7.84. The average molecular weight is 438 g/mol. The van der Waals surface area contributed by atoms with Crippen molar-refractivity contribution in [3.63, 3.8) is 0 Å². The fourth-order valence-electron chi connectivity index (χ4n) is 4.05. The molecule has 1 aliphatic heterocycles. The molecule has 0 aliphatic carbocycles. The Bertz CT molecular complexity index is 1550. The van der Waals surface area contributed by atoms with Gasteiger partial charge in [-0.05, 0) is 49.4 Å². The van der Waals surface area contributed by atoms with E-state index in [4.69, 9.17) is 0 Å². The summed E-state index contributed by atoms with van der Waals surface area (Å²) in [5.74, 6) is 0.0620. The van der Waals surface area contributed by atoms with Crippen molar-refractivity contribution in [1.82, 2.24) is 9.55 Å². The van der Waals surface area contributed by atoms with E-state index in [0.29, 0.717) is 22.2 Å². The van der Waals surface area contributed by atoms with Crippen molar-refractivity contribution in [2.45, 2.75) is 6.92 Å². The number of anilines is 1. The minimum atomic E-state index is -0.500. The van der Waals surface area contributed by atoms with Crippen molar-refractivity contribution in [2.75, 3.05) is 11.9 Å². The molecule has 162 valence electrons. The van der Waals surface area contributed by atoms with Gasteiger partial charge in [-0.3, -0.25) is 24.3 Å². The second-order valence-electron chi connectivity index (χ2n) is 7.84. The molecule has 5 rings (SSSR count). The van der Waals surface area contributed by atoms with E-state index in [0.717, 1.165) is 16.8 Å². The van der Waals surface area contributed by atoms with Gasteiger partial charge in [0.2, 0.25) is 0 Å². The molecule has 0 fully saturated rings. The molecule has 0 radical (unpaired) electrons. The standard InChI is InChI=1S/C25H18N4O4/c1-15-7-12-22-19(13-15)20(24(30)27(22)2)14-23-26-21-6-4-3-5-18(21)25(31)28(23)16-8-10-17(11-9-16)29(32)33/h3-14H,1-2H3/b20-14-. The molecule has 1 amide bonds. The molecule has 0 saturated carbocycles. The largest absolute Gasteiger partial charge is 0.311 e. The number of rotatable bonds is 3. The van der Waals surface area contributed by atoms with Gasteiger partial charge in [-0.2, -0.15) is 0 Å². The SMILES string of the molecule is Cc1ccc2c(c1)/C(=C/c1nc3ccccc3c(=O)n1-c1ccc([N+](=O)[O-])cc1)C(=O)N2C. The van der Waals surface area contributed by atoms with Gasteiger partial charge >= 0.3 is 0 Å². The summed E-state index contributed by atoms with van der Waals surface area (Å²) >= 11 is 0. The maximum Gasteiger partial charge on any atom is 0.269 e. The molecule has 4 aromatic rings. The Kier molecular flexibility index (Phi) is 4.63. The van der Waals surface area contributed by atoms with Gasteiger partial charge in [-0.25, -0.2) is 4.98 Å². The molecule has 8 nitrogen and oxygen atoms in total. The van der Waals surface area contributed by atoms with E-state index in [9.17, 15) is 19.7 Å². The molecule has 33 heavy (non-hydrogen) atoms. The van der Waals surface area contributed by atoms with Crippen LogP contribution in [0.25, 0.3) is 28.2 Å². The van der Waals surface area contributed by atoms with Gasteiger partial charge in [0.25, 0.3) is 17.2 Å². The zero-order chi connectivity index (χ0) is 23.3. The summed E-state index contributed by atoms with van der Waals surface area (Å²) in [6, 6.07) is 18.4.